The number of halogens is 3. The van der Waals surface area contributed by atoms with Crippen LogP contribution in [0.25, 0.3) is 0 Å². The summed E-state index contributed by atoms with van der Waals surface area (Å²) >= 11 is 16.5. The SMILES string of the molecule is O=C(N1CCCCCC1)C(Cl)(Cl)Cl. The summed E-state index contributed by atoms with van der Waals surface area (Å²) in [4.78, 5) is 13.1. The van der Waals surface area contributed by atoms with Crippen LogP contribution in [-0.4, -0.2) is 27.7 Å². The second kappa shape index (κ2) is 4.72. The van der Waals surface area contributed by atoms with E-state index in [-0.39, 0.29) is 5.91 Å². The van der Waals surface area contributed by atoms with Crippen LogP contribution in [0.2, 0.25) is 0 Å². The number of rotatable bonds is 0. The number of likely N-dealkylation sites (tertiary alicyclic amines) is 1. The van der Waals surface area contributed by atoms with Gasteiger partial charge in [0.1, 0.15) is 0 Å². The first-order chi connectivity index (χ1) is 6.02. The van der Waals surface area contributed by atoms with E-state index < -0.39 is 3.79 Å². The second-order valence-corrected chi connectivity index (χ2v) is 5.49. The van der Waals surface area contributed by atoms with E-state index in [1.54, 1.807) is 4.90 Å². The maximum Gasteiger partial charge on any atom is 0.274 e. The summed E-state index contributed by atoms with van der Waals surface area (Å²) in [7, 11) is 0. The molecule has 5 heteroatoms. The lowest BCUT2D eigenvalue weighted by Crippen LogP contribution is -2.39. The van der Waals surface area contributed by atoms with Crippen LogP contribution in [0.4, 0.5) is 0 Å². The summed E-state index contributed by atoms with van der Waals surface area (Å²) < 4.78 is -1.79. The molecular weight excluding hydrogens is 232 g/mol. The molecule has 0 atom stereocenters. The van der Waals surface area contributed by atoms with Crippen LogP contribution in [0.5, 0.6) is 0 Å². The second-order valence-electron chi connectivity index (χ2n) is 3.20. The Balaban J connectivity index is 2.54. The van der Waals surface area contributed by atoms with Crippen molar-refractivity contribution < 1.29 is 4.79 Å². The predicted octanol–water partition coefficient (Wildman–Crippen LogP) is 2.76. The van der Waals surface area contributed by atoms with Gasteiger partial charge in [-0.1, -0.05) is 47.6 Å². The summed E-state index contributed by atoms with van der Waals surface area (Å²) in [6.07, 6.45) is 4.33. The minimum atomic E-state index is -1.79. The van der Waals surface area contributed by atoms with E-state index in [4.69, 9.17) is 34.8 Å². The van der Waals surface area contributed by atoms with E-state index in [1.165, 1.54) is 0 Å². The Morgan fingerprint density at radius 3 is 1.85 bits per heavy atom. The number of carbonyl (C=O) groups is 1. The normalized spacial score (nSPS) is 19.8. The smallest absolute Gasteiger partial charge is 0.274 e. The average molecular weight is 245 g/mol. The monoisotopic (exact) mass is 243 g/mol. The van der Waals surface area contributed by atoms with Crippen molar-refractivity contribution in [2.75, 3.05) is 13.1 Å². The van der Waals surface area contributed by atoms with Gasteiger partial charge >= 0.3 is 0 Å². The maximum atomic E-state index is 11.5. The van der Waals surface area contributed by atoms with Gasteiger partial charge in [0.05, 0.1) is 0 Å². The third kappa shape index (κ3) is 3.53. The standard InChI is InChI=1S/C8H12Cl3NO/c9-8(10,11)7(13)12-5-3-1-2-4-6-12/h1-6H2. The Morgan fingerprint density at radius 1 is 1.00 bits per heavy atom. The summed E-state index contributed by atoms with van der Waals surface area (Å²) in [5.41, 5.74) is 0. The van der Waals surface area contributed by atoms with Gasteiger partial charge in [-0.2, -0.15) is 0 Å². The lowest BCUT2D eigenvalue weighted by molar-refractivity contribution is -0.130. The highest BCUT2D eigenvalue weighted by Crippen LogP contribution is 2.29. The van der Waals surface area contributed by atoms with Crippen molar-refractivity contribution in [3.8, 4) is 0 Å². The van der Waals surface area contributed by atoms with Crippen LogP contribution in [0.3, 0.4) is 0 Å². The summed E-state index contributed by atoms with van der Waals surface area (Å²) in [6.45, 7) is 1.43. The Bertz CT molecular complexity index is 182. The number of nitrogens with zero attached hydrogens (tertiary/aromatic N) is 1. The molecule has 1 saturated heterocycles. The Kier molecular flexibility index (Phi) is 4.14. The zero-order chi connectivity index (χ0) is 9.90. The molecule has 0 saturated carbocycles. The molecule has 0 spiro atoms. The van der Waals surface area contributed by atoms with Crippen LogP contribution in [-0.2, 0) is 4.79 Å². The summed E-state index contributed by atoms with van der Waals surface area (Å²) in [6, 6.07) is 0. The summed E-state index contributed by atoms with van der Waals surface area (Å²) in [5.74, 6) is -0.389. The molecule has 2 nitrogen and oxygen atoms in total. The van der Waals surface area contributed by atoms with Gasteiger partial charge < -0.3 is 4.90 Å². The molecular formula is C8H12Cl3NO. The van der Waals surface area contributed by atoms with Crippen molar-refractivity contribution in [1.82, 2.24) is 4.90 Å². The van der Waals surface area contributed by atoms with Crippen molar-refractivity contribution >= 4 is 40.7 Å². The predicted molar refractivity (Wildman–Crippen MR) is 55.3 cm³/mol. The molecule has 1 amide bonds. The molecule has 0 aromatic carbocycles. The highest BCUT2D eigenvalue weighted by molar-refractivity contribution is 6.76. The zero-order valence-corrected chi connectivity index (χ0v) is 9.50. The Labute approximate surface area is 93.1 Å². The summed E-state index contributed by atoms with van der Waals surface area (Å²) in [5, 5.41) is 0. The van der Waals surface area contributed by atoms with Crippen molar-refractivity contribution in [3.05, 3.63) is 0 Å². The third-order valence-corrected chi connectivity index (χ3v) is 2.62. The molecule has 0 radical (unpaired) electrons. The van der Waals surface area contributed by atoms with Crippen molar-refractivity contribution in [1.29, 1.82) is 0 Å². The minimum Gasteiger partial charge on any atom is -0.339 e. The van der Waals surface area contributed by atoms with Gasteiger partial charge in [-0.15, -0.1) is 0 Å². The first-order valence-corrected chi connectivity index (χ1v) is 5.51. The van der Waals surface area contributed by atoms with Gasteiger partial charge in [0.2, 0.25) is 0 Å². The van der Waals surface area contributed by atoms with Crippen LogP contribution >= 0.6 is 34.8 Å². The molecule has 0 aromatic heterocycles. The van der Waals surface area contributed by atoms with E-state index in [1.807, 2.05) is 0 Å². The van der Waals surface area contributed by atoms with Gasteiger partial charge in [-0.25, -0.2) is 0 Å². The lowest BCUT2D eigenvalue weighted by Gasteiger charge is -2.23. The van der Waals surface area contributed by atoms with Crippen LogP contribution in [0.15, 0.2) is 0 Å². The van der Waals surface area contributed by atoms with Gasteiger partial charge in [0, 0.05) is 13.1 Å². The van der Waals surface area contributed by atoms with E-state index in [0.717, 1.165) is 25.7 Å². The first-order valence-electron chi connectivity index (χ1n) is 4.38. The molecule has 76 valence electrons. The quantitative estimate of drug-likeness (QED) is 0.600. The molecule has 1 heterocycles. The van der Waals surface area contributed by atoms with Gasteiger partial charge in [0.25, 0.3) is 9.70 Å². The fraction of sp³-hybridized carbons (Fsp3) is 0.875. The highest BCUT2D eigenvalue weighted by atomic mass is 35.6. The van der Waals surface area contributed by atoms with Crippen molar-refractivity contribution in [2.24, 2.45) is 0 Å². The van der Waals surface area contributed by atoms with E-state index >= 15 is 0 Å². The average Bonchev–Trinajstić information content (AvgIpc) is 2.28. The highest BCUT2D eigenvalue weighted by Gasteiger charge is 2.34. The van der Waals surface area contributed by atoms with Crippen LogP contribution in [0.1, 0.15) is 25.7 Å². The maximum absolute atomic E-state index is 11.5. The van der Waals surface area contributed by atoms with E-state index in [2.05, 4.69) is 0 Å². The molecule has 1 rings (SSSR count). The fourth-order valence-electron chi connectivity index (χ4n) is 1.45. The first kappa shape index (κ1) is 11.4. The number of carbonyl (C=O) groups excluding carboxylic acids is 1. The molecule has 1 aliphatic rings. The molecule has 0 aliphatic carbocycles. The van der Waals surface area contributed by atoms with Crippen LogP contribution in [0, 0.1) is 0 Å². The molecule has 0 N–H and O–H groups in total. The van der Waals surface area contributed by atoms with E-state index in [9.17, 15) is 4.79 Å². The number of alkyl halides is 3. The van der Waals surface area contributed by atoms with E-state index in [0.29, 0.717) is 13.1 Å². The molecule has 0 aromatic rings. The van der Waals surface area contributed by atoms with Gasteiger partial charge in [0.15, 0.2) is 0 Å². The largest absolute Gasteiger partial charge is 0.339 e. The number of amides is 1. The number of hydrogen-bond acceptors (Lipinski definition) is 1. The fourth-order valence-corrected chi connectivity index (χ4v) is 1.81. The van der Waals surface area contributed by atoms with Crippen molar-refractivity contribution in [3.63, 3.8) is 0 Å². The molecule has 1 fully saturated rings. The van der Waals surface area contributed by atoms with Gasteiger partial charge in [-0.3, -0.25) is 4.79 Å². The third-order valence-electron chi connectivity index (χ3n) is 2.14. The Morgan fingerprint density at radius 2 is 1.46 bits per heavy atom. The molecule has 0 unspecified atom stereocenters. The molecule has 0 bridgehead atoms. The topological polar surface area (TPSA) is 20.3 Å². The minimum absolute atomic E-state index is 0.389. The zero-order valence-electron chi connectivity index (χ0n) is 7.23. The van der Waals surface area contributed by atoms with Crippen molar-refractivity contribution in [2.45, 2.75) is 29.5 Å². The molecule has 13 heavy (non-hydrogen) atoms. The number of hydrogen-bond donors (Lipinski definition) is 0. The Hall–Kier alpha value is 0.340. The lowest BCUT2D eigenvalue weighted by atomic mass is 10.2. The van der Waals surface area contributed by atoms with Crippen LogP contribution < -0.4 is 0 Å². The van der Waals surface area contributed by atoms with Gasteiger partial charge in [-0.05, 0) is 12.8 Å². The molecule has 1 aliphatic heterocycles.